The topological polar surface area (TPSA) is 31.4 Å². The van der Waals surface area contributed by atoms with Crippen LogP contribution in [0.25, 0.3) is 0 Å². The molecule has 0 aliphatic carbocycles. The van der Waals surface area contributed by atoms with Gasteiger partial charge in [-0.2, -0.15) is 0 Å². The zero-order chi connectivity index (χ0) is 12.1. The van der Waals surface area contributed by atoms with Crippen molar-refractivity contribution in [3.05, 3.63) is 16.6 Å². The molecule has 1 N–H and O–H groups in total. The van der Waals surface area contributed by atoms with E-state index in [0.29, 0.717) is 6.04 Å². The van der Waals surface area contributed by atoms with Gasteiger partial charge < -0.3 is 5.32 Å². The van der Waals surface area contributed by atoms with E-state index in [4.69, 9.17) is 0 Å². The Labute approximate surface area is 108 Å². The molecule has 4 nitrogen and oxygen atoms in total. The quantitative estimate of drug-likeness (QED) is 0.851. The molecule has 1 aromatic heterocycles. The van der Waals surface area contributed by atoms with Gasteiger partial charge in [-0.05, 0) is 14.0 Å². The lowest BCUT2D eigenvalue weighted by Gasteiger charge is -2.30. The summed E-state index contributed by atoms with van der Waals surface area (Å²) in [5.74, 6) is 0. The van der Waals surface area contributed by atoms with Crippen molar-refractivity contribution in [1.82, 2.24) is 20.1 Å². The number of hydrogen-bond acceptors (Lipinski definition) is 5. The first-order valence-corrected chi connectivity index (χ1v) is 7.23. The Balaban J connectivity index is 1.74. The monoisotopic (exact) mass is 254 g/mol. The van der Waals surface area contributed by atoms with Crippen LogP contribution < -0.4 is 5.32 Å². The molecule has 2 heterocycles. The van der Waals surface area contributed by atoms with Crippen LogP contribution in [0.4, 0.5) is 0 Å². The Morgan fingerprint density at radius 2 is 2.29 bits per heavy atom. The second-order valence-electron chi connectivity index (χ2n) is 4.66. The highest BCUT2D eigenvalue weighted by molar-refractivity contribution is 7.07. The summed E-state index contributed by atoms with van der Waals surface area (Å²) in [5.41, 5.74) is 3.11. The molecule has 1 atom stereocenters. The van der Waals surface area contributed by atoms with Gasteiger partial charge in [-0.1, -0.05) is 0 Å². The molecule has 17 heavy (non-hydrogen) atoms. The van der Waals surface area contributed by atoms with Crippen LogP contribution >= 0.6 is 11.3 Å². The number of rotatable bonds is 5. The molecule has 0 amide bonds. The summed E-state index contributed by atoms with van der Waals surface area (Å²) in [6, 6.07) is 0.421. The van der Waals surface area contributed by atoms with Crippen LogP contribution in [-0.2, 0) is 0 Å². The Kier molecular flexibility index (Phi) is 4.91. The smallest absolute Gasteiger partial charge is 0.0795 e. The molecule has 2 rings (SSSR count). The average Bonchev–Trinajstić information content (AvgIpc) is 2.90. The molecule has 96 valence electrons. The van der Waals surface area contributed by atoms with Crippen molar-refractivity contribution >= 4 is 11.3 Å². The molecule has 1 saturated heterocycles. The number of piperazine rings is 1. The van der Waals surface area contributed by atoms with Crippen LogP contribution in [0.1, 0.15) is 18.7 Å². The van der Waals surface area contributed by atoms with E-state index < -0.39 is 0 Å². The first-order valence-electron chi connectivity index (χ1n) is 6.29. The molecule has 0 radical (unpaired) electrons. The molecule has 1 aromatic rings. The van der Waals surface area contributed by atoms with Crippen molar-refractivity contribution in [2.75, 3.05) is 46.3 Å². The van der Waals surface area contributed by atoms with Crippen LogP contribution in [0, 0.1) is 0 Å². The van der Waals surface area contributed by atoms with Crippen molar-refractivity contribution in [1.29, 1.82) is 0 Å². The van der Waals surface area contributed by atoms with Crippen LogP contribution in [0.15, 0.2) is 10.9 Å². The van der Waals surface area contributed by atoms with Crippen molar-refractivity contribution in [2.24, 2.45) is 0 Å². The number of hydrogen-bond donors (Lipinski definition) is 1. The lowest BCUT2D eigenvalue weighted by Crippen LogP contribution is -2.46. The molecular formula is C12H22N4S. The minimum absolute atomic E-state index is 0.421. The predicted octanol–water partition coefficient (Wildman–Crippen LogP) is 1.04. The molecule has 0 aromatic carbocycles. The first kappa shape index (κ1) is 13.0. The molecular weight excluding hydrogens is 232 g/mol. The second kappa shape index (κ2) is 6.44. The Morgan fingerprint density at radius 3 is 2.94 bits per heavy atom. The maximum Gasteiger partial charge on any atom is 0.0795 e. The van der Waals surface area contributed by atoms with Gasteiger partial charge in [0.1, 0.15) is 0 Å². The summed E-state index contributed by atoms with van der Waals surface area (Å²) in [6.45, 7) is 9.12. The summed E-state index contributed by atoms with van der Waals surface area (Å²) in [5, 5.41) is 5.53. The van der Waals surface area contributed by atoms with E-state index in [2.05, 4.69) is 39.5 Å². The lowest BCUT2D eigenvalue weighted by atomic mass is 10.2. The fraction of sp³-hybridized carbons (Fsp3) is 0.750. The van der Waals surface area contributed by atoms with Crippen molar-refractivity contribution in [2.45, 2.75) is 13.0 Å². The number of likely N-dealkylation sites (N-methyl/N-ethyl adjacent to an activating group) is 1. The largest absolute Gasteiger partial charge is 0.314 e. The van der Waals surface area contributed by atoms with Gasteiger partial charge in [0.2, 0.25) is 0 Å². The Bertz CT molecular complexity index is 308. The lowest BCUT2D eigenvalue weighted by molar-refractivity contribution is 0.182. The molecule has 5 heteroatoms. The normalized spacial score (nSPS) is 19.7. The van der Waals surface area contributed by atoms with E-state index in [1.54, 1.807) is 11.3 Å². The van der Waals surface area contributed by atoms with E-state index in [-0.39, 0.29) is 0 Å². The van der Waals surface area contributed by atoms with E-state index in [0.717, 1.165) is 26.2 Å². The average molecular weight is 254 g/mol. The Hall–Kier alpha value is -0.490. The number of aromatic nitrogens is 1. The minimum Gasteiger partial charge on any atom is -0.314 e. The SMILES string of the molecule is CC(c1cscn1)N(C)CCN1CCNCC1. The van der Waals surface area contributed by atoms with E-state index in [9.17, 15) is 0 Å². The molecule has 1 aliphatic heterocycles. The van der Waals surface area contributed by atoms with Gasteiger partial charge in [-0.15, -0.1) is 11.3 Å². The molecule has 1 unspecified atom stereocenters. The molecule has 0 bridgehead atoms. The van der Waals surface area contributed by atoms with Gasteiger partial charge in [0.25, 0.3) is 0 Å². The van der Waals surface area contributed by atoms with E-state index >= 15 is 0 Å². The van der Waals surface area contributed by atoms with Crippen molar-refractivity contribution in [3.63, 3.8) is 0 Å². The zero-order valence-electron chi connectivity index (χ0n) is 10.7. The summed E-state index contributed by atoms with van der Waals surface area (Å²) in [4.78, 5) is 9.30. The van der Waals surface area contributed by atoms with Crippen LogP contribution in [-0.4, -0.2) is 61.1 Å². The summed E-state index contributed by atoms with van der Waals surface area (Å²) in [7, 11) is 2.19. The van der Waals surface area contributed by atoms with Crippen molar-refractivity contribution < 1.29 is 0 Å². The van der Waals surface area contributed by atoms with Gasteiger partial charge in [0.15, 0.2) is 0 Å². The van der Waals surface area contributed by atoms with Crippen molar-refractivity contribution in [3.8, 4) is 0 Å². The van der Waals surface area contributed by atoms with Gasteiger partial charge in [0.05, 0.1) is 11.2 Å². The number of thiazole rings is 1. The zero-order valence-corrected chi connectivity index (χ0v) is 11.5. The van der Waals surface area contributed by atoms with E-state index in [1.807, 2.05) is 5.51 Å². The maximum atomic E-state index is 4.39. The van der Waals surface area contributed by atoms with Gasteiger partial charge in [0, 0.05) is 50.7 Å². The highest BCUT2D eigenvalue weighted by Crippen LogP contribution is 2.17. The maximum absolute atomic E-state index is 4.39. The third kappa shape index (κ3) is 3.74. The van der Waals surface area contributed by atoms with Gasteiger partial charge >= 0.3 is 0 Å². The second-order valence-corrected chi connectivity index (χ2v) is 5.38. The standard InChI is InChI=1S/C12H22N4S/c1-11(12-9-17-10-14-12)15(2)7-8-16-5-3-13-4-6-16/h9-11,13H,3-8H2,1-2H3. The molecule has 1 fully saturated rings. The van der Waals surface area contributed by atoms with Crippen LogP contribution in [0.2, 0.25) is 0 Å². The fourth-order valence-electron chi connectivity index (χ4n) is 2.08. The Morgan fingerprint density at radius 1 is 1.53 bits per heavy atom. The number of nitrogens with zero attached hydrogens (tertiary/aromatic N) is 3. The third-order valence-electron chi connectivity index (χ3n) is 3.52. The molecule has 0 spiro atoms. The summed E-state index contributed by atoms with van der Waals surface area (Å²) < 4.78 is 0. The highest BCUT2D eigenvalue weighted by Gasteiger charge is 2.15. The van der Waals surface area contributed by atoms with E-state index in [1.165, 1.54) is 18.8 Å². The molecule has 1 aliphatic rings. The minimum atomic E-state index is 0.421. The molecule has 0 saturated carbocycles. The van der Waals surface area contributed by atoms with Crippen LogP contribution in [0.3, 0.4) is 0 Å². The fourth-order valence-corrected chi connectivity index (χ4v) is 2.72. The van der Waals surface area contributed by atoms with Gasteiger partial charge in [-0.25, -0.2) is 4.98 Å². The summed E-state index contributed by atoms with van der Waals surface area (Å²) in [6.07, 6.45) is 0. The highest BCUT2D eigenvalue weighted by atomic mass is 32.1. The van der Waals surface area contributed by atoms with Crippen LogP contribution in [0.5, 0.6) is 0 Å². The third-order valence-corrected chi connectivity index (χ3v) is 4.12. The summed E-state index contributed by atoms with van der Waals surface area (Å²) >= 11 is 1.68. The van der Waals surface area contributed by atoms with Gasteiger partial charge in [-0.3, -0.25) is 9.80 Å². The first-order chi connectivity index (χ1) is 8.27. The number of nitrogens with one attached hydrogen (secondary N) is 1. The predicted molar refractivity (Wildman–Crippen MR) is 72.5 cm³/mol.